The van der Waals surface area contributed by atoms with E-state index in [0.717, 1.165) is 30.8 Å². The van der Waals surface area contributed by atoms with Gasteiger partial charge in [-0.3, -0.25) is 4.90 Å². The van der Waals surface area contributed by atoms with E-state index in [9.17, 15) is 5.11 Å². The number of aliphatic hydroxyl groups excluding tert-OH is 1. The average Bonchev–Trinajstić information content (AvgIpc) is 3.24. The third-order valence-electron chi connectivity index (χ3n) is 4.36. The molecule has 0 bridgehead atoms. The molecule has 0 radical (unpaired) electrons. The summed E-state index contributed by atoms with van der Waals surface area (Å²) in [5.74, 6) is 0.906. The van der Waals surface area contributed by atoms with Crippen molar-refractivity contribution in [3.05, 3.63) is 48.5 Å². The van der Waals surface area contributed by atoms with E-state index in [4.69, 9.17) is 9.47 Å². The number of aromatic nitrogens is 2. The highest BCUT2D eigenvalue weighted by Gasteiger charge is 2.29. The molecule has 0 saturated carbocycles. The number of hydrogen-bond acceptors (Lipinski definition) is 5. The van der Waals surface area contributed by atoms with Crippen molar-refractivity contribution in [3.63, 3.8) is 0 Å². The van der Waals surface area contributed by atoms with Crippen LogP contribution in [0.1, 0.15) is 12.0 Å². The maximum absolute atomic E-state index is 9.97. The summed E-state index contributed by atoms with van der Waals surface area (Å²) >= 11 is 0. The first kappa shape index (κ1) is 17.0. The Kier molecular flexibility index (Phi) is 5.85. The number of aliphatic hydroxyl groups is 1. The van der Waals surface area contributed by atoms with Crippen LogP contribution in [0.5, 0.6) is 5.75 Å². The van der Waals surface area contributed by atoms with Gasteiger partial charge >= 0.3 is 0 Å². The van der Waals surface area contributed by atoms with Crippen LogP contribution in [-0.2, 0) is 17.8 Å². The number of ether oxygens (including phenoxy) is 2. The van der Waals surface area contributed by atoms with Crippen LogP contribution in [-0.4, -0.2) is 58.6 Å². The van der Waals surface area contributed by atoms with Gasteiger partial charge in [-0.05, 0) is 19.5 Å². The quantitative estimate of drug-likeness (QED) is 0.744. The number of hydrogen-bond donors (Lipinski definition) is 1. The average molecular weight is 331 g/mol. The Morgan fingerprint density at radius 3 is 3.00 bits per heavy atom. The minimum atomic E-state index is -0.418. The van der Waals surface area contributed by atoms with Crippen molar-refractivity contribution in [2.75, 3.05) is 26.9 Å². The van der Waals surface area contributed by atoms with Crippen LogP contribution >= 0.6 is 0 Å². The van der Waals surface area contributed by atoms with Crippen molar-refractivity contribution >= 4 is 0 Å². The molecular weight excluding hydrogens is 306 g/mol. The first-order chi connectivity index (χ1) is 11.7. The summed E-state index contributed by atoms with van der Waals surface area (Å²) in [4.78, 5) is 6.17. The van der Waals surface area contributed by atoms with Gasteiger partial charge in [-0.25, -0.2) is 4.98 Å². The molecule has 1 aromatic heterocycles. The van der Waals surface area contributed by atoms with E-state index in [1.807, 2.05) is 42.3 Å². The van der Waals surface area contributed by atoms with Gasteiger partial charge in [0, 0.05) is 31.0 Å². The van der Waals surface area contributed by atoms with Gasteiger partial charge in [-0.1, -0.05) is 18.2 Å². The number of aryl methyl sites for hydroxylation is 1. The Balaban J connectivity index is 1.52. The Morgan fingerprint density at radius 2 is 2.25 bits per heavy atom. The van der Waals surface area contributed by atoms with Crippen molar-refractivity contribution in [1.29, 1.82) is 0 Å². The van der Waals surface area contributed by atoms with Gasteiger partial charge in [0.15, 0.2) is 0 Å². The normalized spacial score (nSPS) is 20.6. The lowest BCUT2D eigenvalue weighted by molar-refractivity contribution is 0.0920. The molecule has 2 aromatic rings. The van der Waals surface area contributed by atoms with Crippen LogP contribution in [0.3, 0.4) is 0 Å². The largest absolute Gasteiger partial charge is 0.493 e. The SMILES string of the molecule is CN(Cc1ccccc1OCCCn1ccnc1)[C@H]1COC[C@@H]1O. The van der Waals surface area contributed by atoms with Crippen LogP contribution in [0, 0.1) is 0 Å². The van der Waals surface area contributed by atoms with Crippen molar-refractivity contribution in [2.24, 2.45) is 0 Å². The lowest BCUT2D eigenvalue weighted by atomic mass is 10.1. The lowest BCUT2D eigenvalue weighted by Crippen LogP contribution is -2.40. The maximum atomic E-state index is 9.97. The number of para-hydroxylation sites is 1. The summed E-state index contributed by atoms with van der Waals surface area (Å²) in [6.07, 6.45) is 6.07. The number of imidazole rings is 1. The zero-order valence-corrected chi connectivity index (χ0v) is 14.0. The Bertz CT molecular complexity index is 618. The van der Waals surface area contributed by atoms with Crippen molar-refractivity contribution in [1.82, 2.24) is 14.5 Å². The summed E-state index contributed by atoms with van der Waals surface area (Å²) in [7, 11) is 2.01. The second kappa shape index (κ2) is 8.28. The molecule has 1 aromatic carbocycles. The first-order valence-corrected chi connectivity index (χ1v) is 8.36. The molecule has 6 heteroatoms. The first-order valence-electron chi connectivity index (χ1n) is 8.36. The van der Waals surface area contributed by atoms with Crippen LogP contribution in [0.4, 0.5) is 0 Å². The van der Waals surface area contributed by atoms with Gasteiger partial charge in [0.05, 0.1) is 38.3 Å². The molecule has 0 unspecified atom stereocenters. The van der Waals surface area contributed by atoms with E-state index in [1.165, 1.54) is 0 Å². The van der Waals surface area contributed by atoms with E-state index in [1.54, 1.807) is 6.20 Å². The fourth-order valence-electron chi connectivity index (χ4n) is 2.96. The number of nitrogens with zero attached hydrogens (tertiary/aromatic N) is 3. The number of likely N-dealkylation sites (N-methyl/N-ethyl adjacent to an activating group) is 1. The molecule has 6 nitrogen and oxygen atoms in total. The highest BCUT2D eigenvalue weighted by atomic mass is 16.5. The molecule has 1 N–H and O–H groups in total. The Hall–Kier alpha value is -1.89. The summed E-state index contributed by atoms with van der Waals surface area (Å²) < 4.78 is 13.4. The molecule has 2 atom stereocenters. The van der Waals surface area contributed by atoms with Gasteiger partial charge in [-0.15, -0.1) is 0 Å². The summed E-state index contributed by atoms with van der Waals surface area (Å²) in [5.41, 5.74) is 1.13. The molecular formula is C18H25N3O3. The fraction of sp³-hybridized carbons (Fsp3) is 0.500. The molecule has 1 saturated heterocycles. The second-order valence-corrected chi connectivity index (χ2v) is 6.20. The van der Waals surface area contributed by atoms with E-state index in [0.29, 0.717) is 19.8 Å². The number of benzene rings is 1. The van der Waals surface area contributed by atoms with Gasteiger partial charge in [-0.2, -0.15) is 0 Å². The summed E-state index contributed by atoms with van der Waals surface area (Å²) in [6, 6.07) is 8.12. The van der Waals surface area contributed by atoms with Gasteiger partial charge in [0.2, 0.25) is 0 Å². The van der Waals surface area contributed by atoms with Crippen molar-refractivity contribution < 1.29 is 14.6 Å². The molecule has 0 spiro atoms. The summed E-state index contributed by atoms with van der Waals surface area (Å²) in [6.45, 7) is 3.28. The van der Waals surface area contributed by atoms with Crippen LogP contribution in [0.15, 0.2) is 43.0 Å². The highest BCUT2D eigenvalue weighted by molar-refractivity contribution is 5.33. The van der Waals surface area contributed by atoms with Gasteiger partial charge < -0.3 is 19.1 Å². The highest BCUT2D eigenvalue weighted by Crippen LogP contribution is 2.22. The molecule has 0 aliphatic carbocycles. The maximum Gasteiger partial charge on any atom is 0.123 e. The second-order valence-electron chi connectivity index (χ2n) is 6.20. The van der Waals surface area contributed by atoms with Gasteiger partial charge in [0.1, 0.15) is 5.75 Å². The molecule has 24 heavy (non-hydrogen) atoms. The van der Waals surface area contributed by atoms with E-state index >= 15 is 0 Å². The third-order valence-corrected chi connectivity index (χ3v) is 4.36. The predicted octanol–water partition coefficient (Wildman–Crippen LogP) is 1.54. The monoisotopic (exact) mass is 331 g/mol. The van der Waals surface area contributed by atoms with E-state index < -0.39 is 6.10 Å². The zero-order chi connectivity index (χ0) is 16.8. The molecule has 3 rings (SSSR count). The van der Waals surface area contributed by atoms with Crippen molar-refractivity contribution in [3.8, 4) is 5.75 Å². The van der Waals surface area contributed by atoms with Gasteiger partial charge in [0.25, 0.3) is 0 Å². The molecule has 2 heterocycles. The van der Waals surface area contributed by atoms with E-state index in [2.05, 4.69) is 16.0 Å². The Labute approximate surface area is 142 Å². The minimum absolute atomic E-state index is 0.0410. The molecule has 1 aliphatic heterocycles. The van der Waals surface area contributed by atoms with Crippen LogP contribution in [0.2, 0.25) is 0 Å². The standard InChI is InChI=1S/C18H25N3O3/c1-20(16-12-23-13-17(16)22)11-15-5-2-3-6-18(15)24-10-4-8-21-9-7-19-14-21/h2-3,5-7,9,14,16-17,22H,4,8,10-13H2,1H3/t16-,17-/m0/s1. The molecule has 1 fully saturated rings. The minimum Gasteiger partial charge on any atom is -0.493 e. The van der Waals surface area contributed by atoms with Crippen LogP contribution < -0.4 is 4.74 Å². The fourth-order valence-corrected chi connectivity index (χ4v) is 2.96. The van der Waals surface area contributed by atoms with Crippen LogP contribution in [0.25, 0.3) is 0 Å². The number of rotatable bonds is 8. The van der Waals surface area contributed by atoms with Crippen molar-refractivity contribution in [2.45, 2.75) is 31.7 Å². The molecule has 130 valence electrons. The Morgan fingerprint density at radius 1 is 1.38 bits per heavy atom. The molecule has 1 aliphatic rings. The zero-order valence-electron chi connectivity index (χ0n) is 14.0. The topological polar surface area (TPSA) is 59.8 Å². The smallest absolute Gasteiger partial charge is 0.123 e. The summed E-state index contributed by atoms with van der Waals surface area (Å²) in [5, 5.41) is 9.97. The van der Waals surface area contributed by atoms with E-state index in [-0.39, 0.29) is 6.04 Å². The molecule has 0 amide bonds. The lowest BCUT2D eigenvalue weighted by Gasteiger charge is -2.26. The predicted molar refractivity (Wildman–Crippen MR) is 90.9 cm³/mol. The third kappa shape index (κ3) is 4.35.